The minimum absolute atomic E-state index is 0.178. The summed E-state index contributed by atoms with van der Waals surface area (Å²) in [6, 6.07) is 8.94. The number of nitrogens with zero attached hydrogens (tertiary/aromatic N) is 5. The molecule has 1 N–H and O–H groups in total. The second-order valence-electron chi connectivity index (χ2n) is 7.22. The molecule has 1 fully saturated rings. The van der Waals surface area contributed by atoms with Crippen molar-refractivity contribution in [1.29, 1.82) is 0 Å². The van der Waals surface area contributed by atoms with Gasteiger partial charge in [0, 0.05) is 38.1 Å². The molecule has 1 saturated heterocycles. The average Bonchev–Trinajstić information content (AvgIpc) is 2.76. The van der Waals surface area contributed by atoms with E-state index < -0.39 is 5.82 Å². The molecule has 0 radical (unpaired) electrons. The first-order chi connectivity index (χ1) is 14.5. The number of halogens is 1. The second-order valence-corrected chi connectivity index (χ2v) is 7.22. The number of carbonyl (C=O) groups is 1. The first kappa shape index (κ1) is 19.7. The van der Waals surface area contributed by atoms with Crippen LogP contribution in [-0.4, -0.2) is 38.5 Å². The fraction of sp³-hybridized carbons (Fsp3) is 0.286. The SMILES string of the molecule is Cn1c(N2CCCC(C(=O)Nc3cccc(F)c3)C2)nc(-c2ccncn2)cc1=O. The van der Waals surface area contributed by atoms with Crippen LogP contribution in [0.5, 0.6) is 0 Å². The molecule has 1 unspecified atom stereocenters. The number of hydrogen-bond donors (Lipinski definition) is 1. The molecule has 1 aliphatic rings. The highest BCUT2D eigenvalue weighted by Crippen LogP contribution is 2.24. The normalized spacial score (nSPS) is 16.3. The highest BCUT2D eigenvalue weighted by Gasteiger charge is 2.28. The molecule has 8 nitrogen and oxygen atoms in total. The van der Waals surface area contributed by atoms with Gasteiger partial charge in [-0.15, -0.1) is 0 Å². The Bertz CT molecular complexity index is 1120. The number of anilines is 2. The molecular formula is C21H21FN6O2. The van der Waals surface area contributed by atoms with Gasteiger partial charge in [0.2, 0.25) is 11.9 Å². The highest BCUT2D eigenvalue weighted by molar-refractivity contribution is 5.93. The highest BCUT2D eigenvalue weighted by atomic mass is 19.1. The van der Waals surface area contributed by atoms with Gasteiger partial charge in [-0.25, -0.2) is 19.3 Å². The lowest BCUT2D eigenvalue weighted by molar-refractivity contribution is -0.120. The monoisotopic (exact) mass is 408 g/mol. The zero-order chi connectivity index (χ0) is 21.1. The molecule has 9 heteroatoms. The number of benzene rings is 1. The van der Waals surface area contributed by atoms with Crippen LogP contribution in [0.3, 0.4) is 0 Å². The number of amides is 1. The van der Waals surface area contributed by atoms with E-state index in [2.05, 4.69) is 20.3 Å². The Balaban J connectivity index is 1.56. The van der Waals surface area contributed by atoms with Crippen molar-refractivity contribution in [3.8, 4) is 11.4 Å². The number of hydrogen-bond acceptors (Lipinski definition) is 6. The molecule has 0 saturated carbocycles. The zero-order valence-corrected chi connectivity index (χ0v) is 16.5. The van der Waals surface area contributed by atoms with Gasteiger partial charge < -0.3 is 10.2 Å². The molecule has 1 aliphatic heterocycles. The second kappa shape index (κ2) is 8.40. The van der Waals surface area contributed by atoms with E-state index in [-0.39, 0.29) is 17.4 Å². The van der Waals surface area contributed by atoms with Crippen LogP contribution in [-0.2, 0) is 11.8 Å². The molecule has 4 rings (SSSR count). The van der Waals surface area contributed by atoms with Crippen molar-refractivity contribution in [2.24, 2.45) is 13.0 Å². The fourth-order valence-electron chi connectivity index (χ4n) is 3.57. The average molecular weight is 408 g/mol. The summed E-state index contributed by atoms with van der Waals surface area (Å²) in [6.45, 7) is 1.09. The molecule has 1 amide bonds. The Morgan fingerprint density at radius 3 is 2.87 bits per heavy atom. The van der Waals surface area contributed by atoms with Gasteiger partial charge in [0.05, 0.1) is 17.3 Å². The lowest BCUT2D eigenvalue weighted by Gasteiger charge is -2.33. The fourth-order valence-corrected chi connectivity index (χ4v) is 3.57. The van der Waals surface area contributed by atoms with Crippen LogP contribution >= 0.6 is 0 Å². The third kappa shape index (κ3) is 4.19. The van der Waals surface area contributed by atoms with E-state index in [4.69, 9.17) is 0 Å². The van der Waals surface area contributed by atoms with E-state index in [9.17, 15) is 14.0 Å². The van der Waals surface area contributed by atoms with Crippen LogP contribution in [0.4, 0.5) is 16.0 Å². The topological polar surface area (TPSA) is 93.0 Å². The van der Waals surface area contributed by atoms with Crippen LogP contribution in [0.15, 0.2) is 53.7 Å². The Hall–Kier alpha value is -3.62. The summed E-state index contributed by atoms with van der Waals surface area (Å²) < 4.78 is 14.9. The number of aromatic nitrogens is 4. The third-order valence-electron chi connectivity index (χ3n) is 5.12. The first-order valence-corrected chi connectivity index (χ1v) is 9.67. The van der Waals surface area contributed by atoms with Gasteiger partial charge in [-0.05, 0) is 37.1 Å². The van der Waals surface area contributed by atoms with Gasteiger partial charge in [-0.1, -0.05) is 6.07 Å². The molecule has 2 aromatic heterocycles. The molecule has 1 aromatic carbocycles. The van der Waals surface area contributed by atoms with Crippen molar-refractivity contribution >= 4 is 17.5 Å². The Morgan fingerprint density at radius 2 is 2.10 bits per heavy atom. The summed E-state index contributed by atoms with van der Waals surface area (Å²) in [7, 11) is 1.66. The Morgan fingerprint density at radius 1 is 1.23 bits per heavy atom. The number of carbonyl (C=O) groups excluding carboxylic acids is 1. The summed E-state index contributed by atoms with van der Waals surface area (Å²) in [5, 5.41) is 2.78. The molecule has 0 spiro atoms. The van der Waals surface area contributed by atoms with E-state index >= 15 is 0 Å². The number of nitrogens with one attached hydrogen (secondary N) is 1. The predicted octanol–water partition coefficient (Wildman–Crippen LogP) is 2.23. The van der Waals surface area contributed by atoms with Gasteiger partial charge in [-0.3, -0.25) is 14.2 Å². The van der Waals surface area contributed by atoms with E-state index in [1.807, 2.05) is 4.90 Å². The molecule has 30 heavy (non-hydrogen) atoms. The maximum atomic E-state index is 13.4. The van der Waals surface area contributed by atoms with E-state index in [1.165, 1.54) is 29.1 Å². The van der Waals surface area contributed by atoms with Crippen LogP contribution < -0.4 is 15.8 Å². The summed E-state index contributed by atoms with van der Waals surface area (Å²) in [4.78, 5) is 39.9. The number of rotatable bonds is 4. The molecule has 0 bridgehead atoms. The minimum Gasteiger partial charge on any atom is -0.341 e. The molecule has 3 heterocycles. The predicted molar refractivity (Wildman–Crippen MR) is 110 cm³/mol. The van der Waals surface area contributed by atoms with Crippen molar-refractivity contribution in [3.63, 3.8) is 0 Å². The van der Waals surface area contributed by atoms with Crippen LogP contribution in [0, 0.1) is 11.7 Å². The van der Waals surface area contributed by atoms with Crippen molar-refractivity contribution in [2.45, 2.75) is 12.8 Å². The first-order valence-electron chi connectivity index (χ1n) is 9.67. The summed E-state index contributed by atoms with van der Waals surface area (Å²) in [5.74, 6) is -0.401. The minimum atomic E-state index is -0.404. The van der Waals surface area contributed by atoms with Gasteiger partial charge in [0.25, 0.3) is 5.56 Å². The van der Waals surface area contributed by atoms with Gasteiger partial charge in [-0.2, -0.15) is 0 Å². The van der Waals surface area contributed by atoms with Crippen molar-refractivity contribution in [2.75, 3.05) is 23.3 Å². The summed E-state index contributed by atoms with van der Waals surface area (Å²) in [6.07, 6.45) is 4.47. The van der Waals surface area contributed by atoms with Crippen LogP contribution in [0.2, 0.25) is 0 Å². The summed E-state index contributed by atoms with van der Waals surface area (Å²) in [5.41, 5.74) is 1.23. The summed E-state index contributed by atoms with van der Waals surface area (Å²) >= 11 is 0. The van der Waals surface area contributed by atoms with Gasteiger partial charge >= 0.3 is 0 Å². The zero-order valence-electron chi connectivity index (χ0n) is 16.5. The third-order valence-corrected chi connectivity index (χ3v) is 5.12. The van der Waals surface area contributed by atoms with Crippen molar-refractivity contribution in [1.82, 2.24) is 19.5 Å². The van der Waals surface area contributed by atoms with Crippen LogP contribution in [0.1, 0.15) is 12.8 Å². The van der Waals surface area contributed by atoms with E-state index in [1.54, 1.807) is 31.4 Å². The molecule has 154 valence electrons. The Labute approximate surface area is 172 Å². The lowest BCUT2D eigenvalue weighted by atomic mass is 9.97. The van der Waals surface area contributed by atoms with Crippen molar-refractivity contribution < 1.29 is 9.18 Å². The standard InChI is InChI=1S/C21H21FN6O2/c1-27-19(29)11-18(17-7-8-23-13-24-17)26-21(27)28-9-3-4-14(12-28)20(30)25-16-6-2-5-15(22)10-16/h2,5-8,10-11,13-14H,3-4,9,12H2,1H3,(H,25,30). The quantitative estimate of drug-likeness (QED) is 0.712. The van der Waals surface area contributed by atoms with E-state index in [0.717, 1.165) is 6.42 Å². The Kier molecular flexibility index (Phi) is 5.51. The molecule has 3 aromatic rings. The largest absolute Gasteiger partial charge is 0.341 e. The maximum absolute atomic E-state index is 13.4. The van der Waals surface area contributed by atoms with Gasteiger partial charge in [0.1, 0.15) is 12.1 Å². The maximum Gasteiger partial charge on any atom is 0.255 e. The van der Waals surface area contributed by atoms with Gasteiger partial charge in [0.15, 0.2) is 0 Å². The molecular weight excluding hydrogens is 387 g/mol. The smallest absolute Gasteiger partial charge is 0.255 e. The molecule has 0 aliphatic carbocycles. The van der Waals surface area contributed by atoms with E-state index in [0.29, 0.717) is 42.5 Å². The van der Waals surface area contributed by atoms with Crippen molar-refractivity contribution in [3.05, 3.63) is 65.1 Å². The molecule has 1 atom stereocenters. The van der Waals surface area contributed by atoms with Crippen LogP contribution in [0.25, 0.3) is 11.4 Å². The number of piperidine rings is 1. The lowest BCUT2D eigenvalue weighted by Crippen LogP contribution is -2.43.